The molecule has 68 valence electrons. The lowest BCUT2D eigenvalue weighted by Gasteiger charge is -1.91. The second kappa shape index (κ2) is 3.85. The number of carbonyl (C=O) groups is 2. The van der Waals surface area contributed by atoms with E-state index in [1.807, 2.05) is 0 Å². The highest BCUT2D eigenvalue weighted by molar-refractivity contribution is 8.04. The number of hydrogen-bond donors (Lipinski definition) is 3. The summed E-state index contributed by atoms with van der Waals surface area (Å²) < 4.78 is 20.8. The van der Waals surface area contributed by atoms with Gasteiger partial charge in [0.1, 0.15) is 0 Å². The van der Waals surface area contributed by atoms with E-state index < -0.39 is 21.4 Å². The number of nitrogens with two attached hydrogens (primary N) is 1. The number of azo groups is 1. The fourth-order valence-corrected chi connectivity index (χ4v) is 0.437. The number of rotatable bonds is 1. The van der Waals surface area contributed by atoms with Crippen molar-refractivity contribution in [2.75, 3.05) is 0 Å². The Morgan fingerprint density at radius 2 is 1.83 bits per heavy atom. The summed E-state index contributed by atoms with van der Waals surface area (Å²) in [6.07, 6.45) is -1.78. The highest BCUT2D eigenvalue weighted by atomic mass is 32.2. The van der Waals surface area contributed by atoms with Crippen LogP contribution < -0.4 is 10.7 Å². The van der Waals surface area contributed by atoms with Gasteiger partial charge in [0.15, 0.2) is 0 Å². The van der Waals surface area contributed by atoms with Gasteiger partial charge in [-0.2, -0.15) is 0 Å². The van der Waals surface area contributed by atoms with Crippen LogP contribution in [0.15, 0.2) is 10.2 Å². The lowest BCUT2D eigenvalue weighted by atomic mass is 11.3. The largest absolute Gasteiger partial charge is 0.462 e. The van der Waals surface area contributed by atoms with Crippen LogP contribution in [0.5, 0.6) is 0 Å². The minimum Gasteiger partial charge on any atom is -0.462 e. The predicted molar refractivity (Wildman–Crippen MR) is 34.5 cm³/mol. The third kappa shape index (κ3) is 3.14. The molecule has 0 radical (unpaired) electrons. The molecule has 0 fully saturated rings. The number of carbonyl (C=O) groups excluding carboxylic acids is 1. The van der Waals surface area contributed by atoms with Gasteiger partial charge in [-0.1, -0.05) is 10.2 Å². The summed E-state index contributed by atoms with van der Waals surface area (Å²) in [6, 6.07) is 0. The second-order valence-electron chi connectivity index (χ2n) is 1.37. The van der Waals surface area contributed by atoms with Gasteiger partial charge in [0.2, 0.25) is 0 Å². The van der Waals surface area contributed by atoms with Gasteiger partial charge in [0, 0.05) is 0 Å². The number of sulfonamides is 1. The normalized spacial score (nSPS) is 11.8. The first kappa shape index (κ1) is 10.6. The van der Waals surface area contributed by atoms with Crippen molar-refractivity contribution < 1.29 is 23.1 Å². The average Bonchev–Trinajstić information content (AvgIpc) is 2.00. The van der Waals surface area contributed by atoms with Crippen molar-refractivity contribution in [3.05, 3.63) is 0 Å². The maximum Gasteiger partial charge on any atom is 0.450 e. The number of nitrogens with zero attached hydrogens (tertiary/aromatic N) is 2. The summed E-state index contributed by atoms with van der Waals surface area (Å²) in [5.74, 6) is 4.41. The van der Waals surface area contributed by atoms with Crippen molar-refractivity contribution in [2.24, 2.45) is 16.1 Å². The van der Waals surface area contributed by atoms with E-state index in [1.165, 1.54) is 0 Å². The lowest BCUT2D eigenvalue weighted by Crippen LogP contribution is -2.34. The van der Waals surface area contributed by atoms with Crippen LogP contribution in [-0.2, 0) is 10.0 Å². The van der Waals surface area contributed by atoms with E-state index in [0.717, 1.165) is 4.83 Å². The quantitative estimate of drug-likeness (QED) is 0.278. The van der Waals surface area contributed by atoms with Crippen LogP contribution in [0.2, 0.25) is 0 Å². The Bertz CT molecular complexity index is 316. The summed E-state index contributed by atoms with van der Waals surface area (Å²) in [5.41, 5.74) is 0. The molecule has 0 aromatic heterocycles. The molecule has 2 amide bonds. The maximum absolute atomic E-state index is 10.4. The van der Waals surface area contributed by atoms with Crippen LogP contribution in [0, 0.1) is 0 Å². The van der Waals surface area contributed by atoms with Gasteiger partial charge < -0.3 is 5.11 Å². The Morgan fingerprint density at radius 3 is 2.17 bits per heavy atom. The fourth-order valence-electron chi connectivity index (χ4n) is 0.188. The number of carboxylic acid groups (broad SMARTS) is 1. The van der Waals surface area contributed by atoms with Crippen molar-refractivity contribution in [1.29, 1.82) is 0 Å². The number of nitrogens with one attached hydrogen (secondary N) is 1. The average molecular weight is 196 g/mol. The summed E-state index contributed by atoms with van der Waals surface area (Å²) in [5, 5.41) is 10.6. The molecule has 10 heteroatoms. The van der Waals surface area contributed by atoms with Crippen molar-refractivity contribution in [3.63, 3.8) is 0 Å². The standard InChI is InChI=1S/C2H4N4O5S/c3-6-12(10,11)2(9)5-4-1(7)8/h6H,3H2,(H,7,8). The van der Waals surface area contributed by atoms with Gasteiger partial charge in [-0.15, -0.1) is 4.83 Å². The first-order chi connectivity index (χ1) is 5.40. The van der Waals surface area contributed by atoms with E-state index in [2.05, 4.69) is 16.1 Å². The molecule has 12 heavy (non-hydrogen) atoms. The van der Waals surface area contributed by atoms with Gasteiger partial charge in [0.05, 0.1) is 0 Å². The molecule has 0 aromatic rings. The zero-order valence-electron chi connectivity index (χ0n) is 5.46. The first-order valence-electron chi connectivity index (χ1n) is 2.31. The van der Waals surface area contributed by atoms with Crippen molar-refractivity contribution in [1.82, 2.24) is 4.83 Å². The van der Waals surface area contributed by atoms with Crippen LogP contribution in [-0.4, -0.2) is 24.9 Å². The number of hydrazine groups is 1. The summed E-state index contributed by atoms with van der Waals surface area (Å²) >= 11 is 0. The zero-order valence-corrected chi connectivity index (χ0v) is 6.28. The molecule has 0 saturated heterocycles. The van der Waals surface area contributed by atoms with Crippen molar-refractivity contribution >= 4 is 21.4 Å². The molecule has 0 rings (SSSR count). The molecule has 0 bridgehead atoms. The predicted octanol–water partition coefficient (Wildman–Crippen LogP) is -0.970. The molecule has 9 nitrogen and oxygen atoms in total. The van der Waals surface area contributed by atoms with Gasteiger partial charge in [-0.3, -0.25) is 10.6 Å². The highest BCUT2D eigenvalue weighted by Crippen LogP contribution is 1.90. The first-order valence-corrected chi connectivity index (χ1v) is 3.79. The van der Waals surface area contributed by atoms with Gasteiger partial charge in [0.25, 0.3) is 0 Å². The Kier molecular flexibility index (Phi) is 3.40. The Balaban J connectivity index is 4.55. The molecule has 0 unspecified atom stereocenters. The highest BCUT2D eigenvalue weighted by Gasteiger charge is 2.19. The number of hydrogen-bond acceptors (Lipinski definition) is 5. The van der Waals surface area contributed by atoms with E-state index in [1.54, 1.807) is 0 Å². The molecule has 0 aliphatic rings. The minimum absolute atomic E-state index is 1.14. The summed E-state index contributed by atoms with van der Waals surface area (Å²) in [6.45, 7) is 0. The topological polar surface area (TPSA) is 151 Å². The monoisotopic (exact) mass is 196 g/mol. The van der Waals surface area contributed by atoms with Crippen LogP contribution in [0.4, 0.5) is 9.59 Å². The van der Waals surface area contributed by atoms with Gasteiger partial charge >= 0.3 is 21.4 Å². The molecule has 0 atom stereocenters. The smallest absolute Gasteiger partial charge is 0.450 e. The molecule has 0 aliphatic carbocycles. The van der Waals surface area contributed by atoms with E-state index in [0.29, 0.717) is 0 Å². The SMILES string of the molecule is NNS(=O)(=O)C(=O)N=NC(=O)O. The third-order valence-corrected chi connectivity index (χ3v) is 1.45. The molecule has 0 spiro atoms. The van der Waals surface area contributed by atoms with Crippen LogP contribution in [0.1, 0.15) is 0 Å². The molecule has 0 aliphatic heterocycles. The molecule has 0 heterocycles. The Morgan fingerprint density at radius 1 is 1.33 bits per heavy atom. The van der Waals surface area contributed by atoms with Crippen molar-refractivity contribution in [2.45, 2.75) is 0 Å². The van der Waals surface area contributed by atoms with E-state index in [-0.39, 0.29) is 0 Å². The summed E-state index contributed by atoms with van der Waals surface area (Å²) in [4.78, 5) is 21.1. The van der Waals surface area contributed by atoms with E-state index in [4.69, 9.17) is 5.11 Å². The van der Waals surface area contributed by atoms with E-state index in [9.17, 15) is 18.0 Å². The summed E-state index contributed by atoms with van der Waals surface area (Å²) in [7, 11) is -4.43. The van der Waals surface area contributed by atoms with Crippen LogP contribution >= 0.6 is 0 Å². The fraction of sp³-hybridized carbons (Fsp3) is 0. The molecule has 4 N–H and O–H groups in total. The zero-order chi connectivity index (χ0) is 9.78. The lowest BCUT2D eigenvalue weighted by molar-refractivity contribution is 0.203. The third-order valence-electron chi connectivity index (χ3n) is 0.602. The molecular formula is C2H4N4O5S. The van der Waals surface area contributed by atoms with Crippen LogP contribution in [0.25, 0.3) is 0 Å². The number of amides is 2. The molecular weight excluding hydrogens is 192 g/mol. The second-order valence-corrected chi connectivity index (χ2v) is 2.96. The van der Waals surface area contributed by atoms with E-state index >= 15 is 0 Å². The Hall–Kier alpha value is -1.39. The minimum atomic E-state index is -4.43. The van der Waals surface area contributed by atoms with Gasteiger partial charge in [-0.25, -0.2) is 13.2 Å². The van der Waals surface area contributed by atoms with Crippen LogP contribution in [0.3, 0.4) is 0 Å². The molecule has 0 saturated carbocycles. The molecule has 0 aromatic carbocycles. The maximum atomic E-state index is 10.4. The van der Waals surface area contributed by atoms with Gasteiger partial charge in [-0.05, 0) is 0 Å². The Labute approximate surface area is 66.3 Å². The van der Waals surface area contributed by atoms with Crippen molar-refractivity contribution in [3.8, 4) is 0 Å².